The van der Waals surface area contributed by atoms with E-state index in [1.807, 2.05) is 30.8 Å². The van der Waals surface area contributed by atoms with E-state index in [4.69, 9.17) is 0 Å². The van der Waals surface area contributed by atoms with Crippen LogP contribution in [0.3, 0.4) is 0 Å². The maximum Gasteiger partial charge on any atom is 0.138 e. The Morgan fingerprint density at radius 2 is 2.24 bits per heavy atom. The fourth-order valence-corrected chi connectivity index (χ4v) is 2.42. The van der Waals surface area contributed by atoms with Crippen LogP contribution in [0.15, 0.2) is 11.7 Å². The van der Waals surface area contributed by atoms with Crippen molar-refractivity contribution in [3.8, 4) is 0 Å². The molecule has 6 heteroatoms. The van der Waals surface area contributed by atoms with Crippen molar-refractivity contribution in [3.63, 3.8) is 0 Å². The molecule has 0 aliphatic carbocycles. The Kier molecular flexibility index (Phi) is 3.54. The molecule has 0 aliphatic rings. The average Bonchev–Trinajstić information content (AvgIpc) is 2.86. The Labute approximate surface area is 104 Å². The summed E-state index contributed by atoms with van der Waals surface area (Å²) in [7, 11) is 0. The number of aliphatic hydroxyl groups excluding tert-OH is 1. The van der Waals surface area contributed by atoms with Gasteiger partial charge < -0.3 is 5.11 Å². The van der Waals surface area contributed by atoms with Crippen LogP contribution >= 0.6 is 11.3 Å². The molecule has 0 bridgehead atoms. The van der Waals surface area contributed by atoms with Crippen LogP contribution in [0, 0.1) is 6.92 Å². The predicted molar refractivity (Wildman–Crippen MR) is 65.9 cm³/mol. The van der Waals surface area contributed by atoms with Gasteiger partial charge in [-0.15, -0.1) is 11.3 Å². The zero-order valence-electron chi connectivity index (χ0n) is 10.2. The Morgan fingerprint density at radius 1 is 1.47 bits per heavy atom. The van der Waals surface area contributed by atoms with E-state index in [0.29, 0.717) is 6.42 Å². The van der Waals surface area contributed by atoms with Gasteiger partial charge in [-0.25, -0.2) is 14.6 Å². The molecule has 0 aliphatic heterocycles. The third-order valence-corrected chi connectivity index (χ3v) is 3.50. The van der Waals surface area contributed by atoms with Gasteiger partial charge in [-0.05, 0) is 20.8 Å². The number of thiazole rings is 1. The van der Waals surface area contributed by atoms with E-state index < -0.39 is 6.10 Å². The number of hydrogen-bond acceptors (Lipinski definition) is 5. The summed E-state index contributed by atoms with van der Waals surface area (Å²) < 4.78 is 1.82. The lowest BCUT2D eigenvalue weighted by molar-refractivity contribution is 0.172. The highest BCUT2D eigenvalue weighted by Gasteiger charge is 2.16. The molecule has 0 fully saturated rings. The molecular weight excluding hydrogens is 236 g/mol. The molecule has 2 rings (SSSR count). The van der Waals surface area contributed by atoms with Crippen molar-refractivity contribution in [2.75, 3.05) is 0 Å². The van der Waals surface area contributed by atoms with E-state index >= 15 is 0 Å². The number of aromatic nitrogens is 4. The summed E-state index contributed by atoms with van der Waals surface area (Å²) >= 11 is 1.48. The minimum Gasteiger partial charge on any atom is -0.385 e. The SMILES string of the molecule is Cc1csc(C(O)Cc2ncnn2C(C)C)n1. The van der Waals surface area contributed by atoms with Crippen molar-refractivity contribution in [2.45, 2.75) is 39.3 Å². The van der Waals surface area contributed by atoms with E-state index in [-0.39, 0.29) is 6.04 Å². The van der Waals surface area contributed by atoms with Crippen LogP contribution in [0.2, 0.25) is 0 Å². The fraction of sp³-hybridized carbons (Fsp3) is 0.545. The van der Waals surface area contributed by atoms with Crippen molar-refractivity contribution in [3.05, 3.63) is 28.2 Å². The van der Waals surface area contributed by atoms with Gasteiger partial charge in [-0.1, -0.05) is 0 Å². The van der Waals surface area contributed by atoms with Crippen molar-refractivity contribution >= 4 is 11.3 Å². The van der Waals surface area contributed by atoms with Crippen molar-refractivity contribution in [1.82, 2.24) is 19.7 Å². The average molecular weight is 252 g/mol. The van der Waals surface area contributed by atoms with E-state index in [1.54, 1.807) is 0 Å². The lowest BCUT2D eigenvalue weighted by Crippen LogP contribution is -2.12. The van der Waals surface area contributed by atoms with Gasteiger partial charge in [0.25, 0.3) is 0 Å². The highest BCUT2D eigenvalue weighted by atomic mass is 32.1. The summed E-state index contributed by atoms with van der Waals surface area (Å²) in [6, 6.07) is 0.248. The van der Waals surface area contributed by atoms with Crippen LogP contribution in [-0.2, 0) is 6.42 Å². The number of rotatable bonds is 4. The molecule has 0 aromatic carbocycles. The molecule has 2 heterocycles. The number of aryl methyl sites for hydroxylation is 1. The minimum absolute atomic E-state index is 0.248. The largest absolute Gasteiger partial charge is 0.385 e. The maximum atomic E-state index is 10.1. The van der Waals surface area contributed by atoms with Crippen molar-refractivity contribution < 1.29 is 5.11 Å². The van der Waals surface area contributed by atoms with E-state index in [1.165, 1.54) is 17.7 Å². The molecular formula is C11H16N4OS. The van der Waals surface area contributed by atoms with Gasteiger partial charge in [0, 0.05) is 23.5 Å². The summed E-state index contributed by atoms with van der Waals surface area (Å²) in [5, 5.41) is 16.9. The quantitative estimate of drug-likeness (QED) is 0.902. The fourth-order valence-electron chi connectivity index (χ4n) is 1.64. The number of hydrogen-bond donors (Lipinski definition) is 1. The first-order valence-electron chi connectivity index (χ1n) is 5.56. The van der Waals surface area contributed by atoms with Crippen LogP contribution < -0.4 is 0 Å². The van der Waals surface area contributed by atoms with Crippen molar-refractivity contribution in [1.29, 1.82) is 0 Å². The van der Waals surface area contributed by atoms with Crippen LogP contribution in [0.1, 0.15) is 42.5 Å². The molecule has 0 saturated heterocycles. The Morgan fingerprint density at radius 3 is 2.82 bits per heavy atom. The smallest absolute Gasteiger partial charge is 0.138 e. The zero-order valence-corrected chi connectivity index (χ0v) is 11.0. The van der Waals surface area contributed by atoms with Gasteiger partial charge in [0.1, 0.15) is 23.3 Å². The van der Waals surface area contributed by atoms with Gasteiger partial charge in [0.15, 0.2) is 0 Å². The summed E-state index contributed by atoms with van der Waals surface area (Å²) in [6.07, 6.45) is 1.37. The van der Waals surface area contributed by atoms with Crippen LogP contribution in [-0.4, -0.2) is 24.9 Å². The summed E-state index contributed by atoms with van der Waals surface area (Å²) in [5.41, 5.74) is 0.939. The minimum atomic E-state index is -0.601. The van der Waals surface area contributed by atoms with Crippen LogP contribution in [0.5, 0.6) is 0 Å². The summed E-state index contributed by atoms with van der Waals surface area (Å²) in [4.78, 5) is 8.46. The predicted octanol–water partition coefficient (Wildman–Crippen LogP) is 1.90. The number of nitrogens with zero attached hydrogens (tertiary/aromatic N) is 4. The molecule has 2 aromatic rings. The molecule has 0 spiro atoms. The van der Waals surface area contributed by atoms with Crippen molar-refractivity contribution in [2.24, 2.45) is 0 Å². The molecule has 2 aromatic heterocycles. The normalized spacial score (nSPS) is 13.2. The van der Waals surface area contributed by atoms with Gasteiger partial charge in [-0.2, -0.15) is 5.10 Å². The molecule has 1 atom stereocenters. The van der Waals surface area contributed by atoms with Crippen LogP contribution in [0.25, 0.3) is 0 Å². The molecule has 17 heavy (non-hydrogen) atoms. The lowest BCUT2D eigenvalue weighted by atomic mass is 10.2. The van der Waals surface area contributed by atoms with Crippen LogP contribution in [0.4, 0.5) is 0 Å². The summed E-state index contributed by atoms with van der Waals surface area (Å²) in [5.74, 6) is 0.792. The zero-order chi connectivity index (χ0) is 12.4. The third kappa shape index (κ3) is 2.70. The molecule has 92 valence electrons. The summed E-state index contributed by atoms with van der Waals surface area (Å²) in [6.45, 7) is 6.00. The molecule has 5 nitrogen and oxygen atoms in total. The first-order valence-corrected chi connectivity index (χ1v) is 6.44. The highest BCUT2D eigenvalue weighted by Crippen LogP contribution is 2.21. The first-order chi connectivity index (χ1) is 8.08. The number of aliphatic hydroxyl groups is 1. The second-order valence-corrected chi connectivity index (χ2v) is 5.15. The van der Waals surface area contributed by atoms with Gasteiger partial charge in [0.05, 0.1) is 0 Å². The molecule has 0 radical (unpaired) electrons. The van der Waals surface area contributed by atoms with Gasteiger partial charge >= 0.3 is 0 Å². The molecule has 1 unspecified atom stereocenters. The van der Waals surface area contributed by atoms with Gasteiger partial charge in [0.2, 0.25) is 0 Å². The Bertz CT molecular complexity index is 491. The monoisotopic (exact) mass is 252 g/mol. The Balaban J connectivity index is 2.13. The third-order valence-electron chi connectivity index (χ3n) is 2.43. The highest BCUT2D eigenvalue weighted by molar-refractivity contribution is 7.09. The standard InChI is InChI=1S/C11H16N4OS/c1-7(2)15-10(12-6-13-15)4-9(16)11-14-8(3)5-17-11/h5-7,9,16H,4H2,1-3H3. The van der Waals surface area contributed by atoms with Gasteiger partial charge in [-0.3, -0.25) is 0 Å². The second-order valence-electron chi connectivity index (χ2n) is 4.26. The van der Waals surface area contributed by atoms with E-state index in [2.05, 4.69) is 15.1 Å². The molecule has 1 N–H and O–H groups in total. The molecule has 0 saturated carbocycles. The second kappa shape index (κ2) is 4.93. The lowest BCUT2D eigenvalue weighted by Gasteiger charge is -2.11. The maximum absolute atomic E-state index is 10.1. The first kappa shape index (κ1) is 12.2. The molecule has 0 amide bonds. The van der Waals surface area contributed by atoms with E-state index in [0.717, 1.165) is 16.5 Å². The topological polar surface area (TPSA) is 63.8 Å². The Hall–Kier alpha value is -1.27. The van der Waals surface area contributed by atoms with E-state index in [9.17, 15) is 5.11 Å².